The summed E-state index contributed by atoms with van der Waals surface area (Å²) >= 11 is 3.47. The van der Waals surface area contributed by atoms with E-state index in [4.69, 9.17) is 9.47 Å². The maximum atomic E-state index is 12.2. The van der Waals surface area contributed by atoms with Gasteiger partial charge in [-0.05, 0) is 48.2 Å². The molecule has 0 fully saturated rings. The number of hydrogen-bond acceptors (Lipinski definition) is 3. The Morgan fingerprint density at radius 1 is 1.15 bits per heavy atom. The number of carbonyl (C=O) groups excluding carboxylic acids is 1. The molecule has 140 valence electrons. The molecule has 0 radical (unpaired) electrons. The lowest BCUT2D eigenvalue weighted by Gasteiger charge is -2.14. The molecule has 1 N–H and O–H groups in total. The summed E-state index contributed by atoms with van der Waals surface area (Å²) in [6.07, 6.45) is 2.10. The van der Waals surface area contributed by atoms with Crippen molar-refractivity contribution in [2.24, 2.45) is 0 Å². The Morgan fingerprint density at radius 2 is 1.96 bits per heavy atom. The van der Waals surface area contributed by atoms with Crippen LogP contribution in [0.1, 0.15) is 45.1 Å². The molecule has 0 saturated heterocycles. The average molecular weight is 420 g/mol. The molecule has 5 heteroatoms. The SMILES string of the molecule is CCCCOc1cccc(NC(=O)COc2ccc(Br)cc2C(C)C)c1. The highest BCUT2D eigenvalue weighted by Gasteiger charge is 2.11. The number of halogens is 1. The molecule has 0 aromatic heterocycles. The molecule has 0 unspecified atom stereocenters. The summed E-state index contributed by atoms with van der Waals surface area (Å²) in [5.74, 6) is 1.60. The lowest BCUT2D eigenvalue weighted by molar-refractivity contribution is -0.118. The van der Waals surface area contributed by atoms with E-state index in [0.29, 0.717) is 18.2 Å². The summed E-state index contributed by atoms with van der Waals surface area (Å²) in [5.41, 5.74) is 1.77. The molecule has 2 rings (SSSR count). The standard InChI is InChI=1S/C21H26BrNO3/c1-4-5-11-25-18-8-6-7-17(13-18)23-21(24)14-26-20-10-9-16(22)12-19(20)15(2)3/h6-10,12-13,15H,4-5,11,14H2,1-3H3,(H,23,24). The topological polar surface area (TPSA) is 47.6 Å². The van der Waals surface area contributed by atoms with Crippen molar-refractivity contribution in [3.8, 4) is 11.5 Å². The maximum Gasteiger partial charge on any atom is 0.262 e. The molecule has 2 aromatic rings. The molecule has 26 heavy (non-hydrogen) atoms. The minimum atomic E-state index is -0.201. The first-order valence-electron chi connectivity index (χ1n) is 8.94. The van der Waals surface area contributed by atoms with E-state index in [1.807, 2.05) is 42.5 Å². The molecule has 0 aliphatic rings. The summed E-state index contributed by atoms with van der Waals surface area (Å²) < 4.78 is 12.4. The van der Waals surface area contributed by atoms with Crippen molar-refractivity contribution in [3.05, 3.63) is 52.5 Å². The predicted octanol–water partition coefficient (Wildman–Crippen LogP) is 5.77. The first-order chi connectivity index (χ1) is 12.5. The van der Waals surface area contributed by atoms with Crippen LogP contribution in [0.15, 0.2) is 46.9 Å². The molecule has 0 spiro atoms. The van der Waals surface area contributed by atoms with E-state index in [-0.39, 0.29) is 12.5 Å². The second-order valence-corrected chi connectivity index (χ2v) is 7.32. The Labute approximate surface area is 164 Å². The fourth-order valence-corrected chi connectivity index (χ4v) is 2.82. The van der Waals surface area contributed by atoms with Crippen LogP contribution in [-0.4, -0.2) is 19.1 Å². The molecule has 0 heterocycles. The van der Waals surface area contributed by atoms with Crippen molar-refractivity contribution in [2.75, 3.05) is 18.5 Å². The summed E-state index contributed by atoms with van der Waals surface area (Å²) in [5, 5.41) is 2.85. The molecule has 0 bridgehead atoms. The van der Waals surface area contributed by atoms with Gasteiger partial charge in [-0.3, -0.25) is 4.79 Å². The van der Waals surface area contributed by atoms with Crippen LogP contribution in [0.25, 0.3) is 0 Å². The molecule has 0 aliphatic carbocycles. The van der Waals surface area contributed by atoms with E-state index in [1.54, 1.807) is 0 Å². The Bertz CT molecular complexity index is 731. The summed E-state index contributed by atoms with van der Waals surface area (Å²) in [4.78, 5) is 12.2. The van der Waals surface area contributed by atoms with E-state index >= 15 is 0 Å². The molecular weight excluding hydrogens is 394 g/mol. The first-order valence-corrected chi connectivity index (χ1v) is 9.74. The second kappa shape index (κ2) is 10.2. The van der Waals surface area contributed by atoms with Gasteiger partial charge in [0.1, 0.15) is 11.5 Å². The van der Waals surface area contributed by atoms with Crippen LogP contribution in [0.2, 0.25) is 0 Å². The minimum Gasteiger partial charge on any atom is -0.494 e. The van der Waals surface area contributed by atoms with Crippen molar-refractivity contribution in [1.29, 1.82) is 0 Å². The highest BCUT2D eigenvalue weighted by atomic mass is 79.9. The molecule has 4 nitrogen and oxygen atoms in total. The van der Waals surface area contributed by atoms with Gasteiger partial charge in [0.05, 0.1) is 6.61 Å². The van der Waals surface area contributed by atoms with Gasteiger partial charge in [0, 0.05) is 16.2 Å². The van der Waals surface area contributed by atoms with Crippen LogP contribution in [0.3, 0.4) is 0 Å². The zero-order valence-electron chi connectivity index (χ0n) is 15.5. The van der Waals surface area contributed by atoms with Crippen molar-refractivity contribution in [3.63, 3.8) is 0 Å². The van der Waals surface area contributed by atoms with E-state index in [1.165, 1.54) is 0 Å². The number of ether oxygens (including phenoxy) is 2. The number of nitrogens with one attached hydrogen (secondary N) is 1. The zero-order chi connectivity index (χ0) is 18.9. The Hall–Kier alpha value is -2.01. The highest BCUT2D eigenvalue weighted by molar-refractivity contribution is 9.10. The van der Waals surface area contributed by atoms with Crippen LogP contribution in [0, 0.1) is 0 Å². The van der Waals surface area contributed by atoms with Crippen LogP contribution in [0.5, 0.6) is 11.5 Å². The predicted molar refractivity (Wildman–Crippen MR) is 109 cm³/mol. The molecule has 1 amide bonds. The normalized spacial score (nSPS) is 10.7. The summed E-state index contributed by atoms with van der Waals surface area (Å²) in [7, 11) is 0. The van der Waals surface area contributed by atoms with E-state index in [0.717, 1.165) is 34.4 Å². The largest absolute Gasteiger partial charge is 0.494 e. The highest BCUT2D eigenvalue weighted by Crippen LogP contribution is 2.29. The fraction of sp³-hybridized carbons (Fsp3) is 0.381. The van der Waals surface area contributed by atoms with E-state index in [9.17, 15) is 4.79 Å². The first kappa shape index (κ1) is 20.3. The lowest BCUT2D eigenvalue weighted by atomic mass is 10.0. The van der Waals surface area contributed by atoms with Crippen molar-refractivity contribution >= 4 is 27.5 Å². The van der Waals surface area contributed by atoms with Gasteiger partial charge in [0.25, 0.3) is 5.91 Å². The van der Waals surface area contributed by atoms with Crippen LogP contribution in [-0.2, 0) is 4.79 Å². The van der Waals surface area contributed by atoms with Crippen molar-refractivity contribution in [2.45, 2.75) is 39.5 Å². The third-order valence-corrected chi connectivity index (χ3v) is 4.33. The minimum absolute atomic E-state index is 0.0394. The Kier molecular flexibility index (Phi) is 7.98. The van der Waals surface area contributed by atoms with Crippen LogP contribution < -0.4 is 14.8 Å². The summed E-state index contributed by atoms with van der Waals surface area (Å²) in [6.45, 7) is 6.95. The second-order valence-electron chi connectivity index (χ2n) is 6.40. The number of carbonyl (C=O) groups is 1. The Morgan fingerprint density at radius 3 is 2.69 bits per heavy atom. The van der Waals surface area contributed by atoms with E-state index < -0.39 is 0 Å². The van der Waals surface area contributed by atoms with Gasteiger partial charge >= 0.3 is 0 Å². The number of amides is 1. The van der Waals surface area contributed by atoms with Gasteiger partial charge in [-0.25, -0.2) is 0 Å². The van der Waals surface area contributed by atoms with Gasteiger partial charge in [-0.1, -0.05) is 49.2 Å². The Balaban J connectivity index is 1.92. The van der Waals surface area contributed by atoms with Gasteiger partial charge in [-0.15, -0.1) is 0 Å². The maximum absolute atomic E-state index is 12.2. The number of rotatable bonds is 9. The number of unbranched alkanes of at least 4 members (excludes halogenated alkanes) is 1. The summed E-state index contributed by atoms with van der Waals surface area (Å²) in [6, 6.07) is 13.2. The number of benzene rings is 2. The molecule has 0 aliphatic heterocycles. The monoisotopic (exact) mass is 419 g/mol. The molecule has 0 saturated carbocycles. The van der Waals surface area contributed by atoms with E-state index in [2.05, 4.69) is 42.0 Å². The van der Waals surface area contributed by atoms with Crippen LogP contribution >= 0.6 is 15.9 Å². The smallest absolute Gasteiger partial charge is 0.262 e. The molecule has 0 atom stereocenters. The fourth-order valence-electron chi connectivity index (χ4n) is 2.44. The van der Waals surface area contributed by atoms with Crippen molar-refractivity contribution < 1.29 is 14.3 Å². The molecular formula is C21H26BrNO3. The van der Waals surface area contributed by atoms with Gasteiger partial charge in [0.15, 0.2) is 6.61 Å². The average Bonchev–Trinajstić information content (AvgIpc) is 2.61. The number of hydrogen-bond donors (Lipinski definition) is 1. The van der Waals surface area contributed by atoms with Crippen LogP contribution in [0.4, 0.5) is 5.69 Å². The molecule has 2 aromatic carbocycles. The third kappa shape index (κ3) is 6.37. The number of anilines is 1. The van der Waals surface area contributed by atoms with Gasteiger partial charge < -0.3 is 14.8 Å². The lowest BCUT2D eigenvalue weighted by Crippen LogP contribution is -2.20. The van der Waals surface area contributed by atoms with Gasteiger partial charge in [0.2, 0.25) is 0 Å². The van der Waals surface area contributed by atoms with Gasteiger partial charge in [-0.2, -0.15) is 0 Å². The third-order valence-electron chi connectivity index (χ3n) is 3.84. The zero-order valence-corrected chi connectivity index (χ0v) is 17.1. The van der Waals surface area contributed by atoms with Crippen molar-refractivity contribution in [1.82, 2.24) is 0 Å². The quantitative estimate of drug-likeness (QED) is 0.524.